The molecule has 5 heteroatoms. The number of hydrogen-bond donors (Lipinski definition) is 0. The molecule has 1 saturated heterocycles. The number of ether oxygens (including phenoxy) is 1. The first kappa shape index (κ1) is 12.1. The van der Waals surface area contributed by atoms with Crippen molar-refractivity contribution >= 4 is 22.5 Å². The third kappa shape index (κ3) is 1.85. The van der Waals surface area contributed by atoms with Crippen LogP contribution in [-0.4, -0.2) is 21.1 Å². The Kier molecular flexibility index (Phi) is 2.82. The van der Waals surface area contributed by atoms with Gasteiger partial charge in [-0.05, 0) is 44.0 Å². The molecular weight excluding hydrogens is 270 g/mol. The smallest absolute Gasteiger partial charge is 0.162 e. The summed E-state index contributed by atoms with van der Waals surface area (Å²) in [5.41, 5.74) is 1.85. The number of rotatable bonds is 2. The number of nitrogens with zero attached hydrogens (tertiary/aromatic N) is 3. The standard InChI is InChI=1S/C15H15N3OS/c1-10-6-7-12(20-10)15-17-11-4-2-8-16-14(11)18(15)13-5-3-9-19-13/h2,4,6-8,13H,3,5,9H2,1H3. The first-order valence-corrected chi connectivity index (χ1v) is 7.66. The van der Waals surface area contributed by atoms with E-state index in [4.69, 9.17) is 9.72 Å². The van der Waals surface area contributed by atoms with Gasteiger partial charge in [-0.2, -0.15) is 0 Å². The van der Waals surface area contributed by atoms with Gasteiger partial charge in [0, 0.05) is 17.7 Å². The molecule has 0 spiro atoms. The number of pyridine rings is 1. The lowest BCUT2D eigenvalue weighted by Crippen LogP contribution is -2.09. The van der Waals surface area contributed by atoms with Crippen LogP contribution >= 0.6 is 11.3 Å². The molecule has 4 rings (SSSR count). The van der Waals surface area contributed by atoms with E-state index in [0.29, 0.717) is 0 Å². The highest BCUT2D eigenvalue weighted by atomic mass is 32.1. The fraction of sp³-hybridized carbons (Fsp3) is 0.333. The Morgan fingerprint density at radius 3 is 3.05 bits per heavy atom. The zero-order valence-corrected chi connectivity index (χ0v) is 12.1. The molecule has 0 bridgehead atoms. The maximum Gasteiger partial charge on any atom is 0.162 e. The Labute approximate surface area is 121 Å². The lowest BCUT2D eigenvalue weighted by Gasteiger charge is -2.14. The number of imidazole rings is 1. The van der Waals surface area contributed by atoms with Gasteiger partial charge in [-0.1, -0.05) is 0 Å². The molecule has 0 aromatic carbocycles. The minimum atomic E-state index is 0.0623. The van der Waals surface area contributed by atoms with Gasteiger partial charge < -0.3 is 4.74 Å². The summed E-state index contributed by atoms with van der Waals surface area (Å²) in [6, 6.07) is 8.20. The van der Waals surface area contributed by atoms with Gasteiger partial charge in [0.15, 0.2) is 11.5 Å². The minimum Gasteiger partial charge on any atom is -0.358 e. The number of aryl methyl sites for hydroxylation is 1. The van der Waals surface area contributed by atoms with Crippen molar-refractivity contribution in [2.45, 2.75) is 26.0 Å². The van der Waals surface area contributed by atoms with E-state index in [0.717, 1.165) is 36.4 Å². The predicted octanol–water partition coefficient (Wildman–Crippen LogP) is 3.78. The second-order valence-corrected chi connectivity index (χ2v) is 6.32. The second kappa shape index (κ2) is 4.68. The first-order valence-electron chi connectivity index (χ1n) is 6.84. The molecule has 1 atom stereocenters. The molecule has 3 aromatic rings. The van der Waals surface area contributed by atoms with Gasteiger partial charge in [0.05, 0.1) is 4.88 Å². The van der Waals surface area contributed by atoms with Crippen LogP contribution in [0.1, 0.15) is 23.9 Å². The van der Waals surface area contributed by atoms with E-state index in [1.807, 2.05) is 18.3 Å². The second-order valence-electron chi connectivity index (χ2n) is 5.03. The van der Waals surface area contributed by atoms with E-state index in [1.54, 1.807) is 11.3 Å². The average Bonchev–Trinajstić information content (AvgIpc) is 3.15. The number of aromatic nitrogens is 3. The van der Waals surface area contributed by atoms with Crippen molar-refractivity contribution in [3.8, 4) is 10.7 Å². The Morgan fingerprint density at radius 2 is 2.30 bits per heavy atom. The summed E-state index contributed by atoms with van der Waals surface area (Å²) in [6.45, 7) is 2.94. The molecule has 0 radical (unpaired) electrons. The van der Waals surface area contributed by atoms with Crippen molar-refractivity contribution in [2.75, 3.05) is 6.61 Å². The van der Waals surface area contributed by atoms with Crippen LogP contribution < -0.4 is 0 Å². The lowest BCUT2D eigenvalue weighted by atomic mass is 10.3. The molecule has 20 heavy (non-hydrogen) atoms. The van der Waals surface area contributed by atoms with Gasteiger partial charge in [-0.15, -0.1) is 11.3 Å². The van der Waals surface area contributed by atoms with Crippen molar-refractivity contribution in [3.05, 3.63) is 35.3 Å². The molecule has 4 nitrogen and oxygen atoms in total. The summed E-state index contributed by atoms with van der Waals surface area (Å²) in [4.78, 5) is 11.7. The molecule has 0 amide bonds. The number of thiophene rings is 1. The SMILES string of the molecule is Cc1ccc(-c2nc3cccnc3n2C2CCCO2)s1. The molecule has 3 aromatic heterocycles. The van der Waals surface area contributed by atoms with Gasteiger partial charge in [0.1, 0.15) is 11.7 Å². The molecule has 0 aliphatic carbocycles. The highest BCUT2D eigenvalue weighted by Gasteiger charge is 2.25. The van der Waals surface area contributed by atoms with Crippen LogP contribution in [0, 0.1) is 6.92 Å². The van der Waals surface area contributed by atoms with E-state index in [2.05, 4.69) is 28.6 Å². The van der Waals surface area contributed by atoms with Crippen LogP contribution in [0.2, 0.25) is 0 Å². The molecule has 1 fully saturated rings. The van der Waals surface area contributed by atoms with Gasteiger partial charge in [-0.25, -0.2) is 9.97 Å². The van der Waals surface area contributed by atoms with Gasteiger partial charge >= 0.3 is 0 Å². The molecule has 102 valence electrons. The quantitative estimate of drug-likeness (QED) is 0.719. The molecule has 1 unspecified atom stereocenters. The third-order valence-corrected chi connectivity index (χ3v) is 4.60. The van der Waals surface area contributed by atoms with Crippen molar-refractivity contribution in [1.29, 1.82) is 0 Å². The zero-order chi connectivity index (χ0) is 13.5. The monoisotopic (exact) mass is 285 g/mol. The van der Waals surface area contributed by atoms with E-state index < -0.39 is 0 Å². The fourth-order valence-electron chi connectivity index (χ4n) is 2.70. The molecule has 0 N–H and O–H groups in total. The van der Waals surface area contributed by atoms with Crippen LogP contribution in [-0.2, 0) is 4.74 Å². The minimum absolute atomic E-state index is 0.0623. The van der Waals surface area contributed by atoms with E-state index in [1.165, 1.54) is 9.75 Å². The topological polar surface area (TPSA) is 39.9 Å². The van der Waals surface area contributed by atoms with Gasteiger partial charge in [-0.3, -0.25) is 4.57 Å². The van der Waals surface area contributed by atoms with Crippen LogP contribution in [0.25, 0.3) is 21.9 Å². The highest BCUT2D eigenvalue weighted by molar-refractivity contribution is 7.15. The van der Waals surface area contributed by atoms with Crippen molar-refractivity contribution in [1.82, 2.24) is 14.5 Å². The Morgan fingerprint density at radius 1 is 1.35 bits per heavy atom. The summed E-state index contributed by atoms with van der Waals surface area (Å²) in [5.74, 6) is 0.976. The van der Waals surface area contributed by atoms with E-state index in [9.17, 15) is 0 Å². The summed E-state index contributed by atoms with van der Waals surface area (Å²) >= 11 is 1.76. The maximum absolute atomic E-state index is 5.86. The summed E-state index contributed by atoms with van der Waals surface area (Å²) in [7, 11) is 0. The van der Waals surface area contributed by atoms with E-state index >= 15 is 0 Å². The number of fused-ring (bicyclic) bond motifs is 1. The van der Waals surface area contributed by atoms with Crippen molar-refractivity contribution in [3.63, 3.8) is 0 Å². The van der Waals surface area contributed by atoms with Crippen LogP contribution in [0.4, 0.5) is 0 Å². The Balaban J connectivity index is 1.96. The number of hydrogen-bond acceptors (Lipinski definition) is 4. The maximum atomic E-state index is 5.86. The average molecular weight is 285 g/mol. The van der Waals surface area contributed by atoms with Crippen LogP contribution in [0.5, 0.6) is 0 Å². The molecule has 1 aliphatic rings. The van der Waals surface area contributed by atoms with Gasteiger partial charge in [0.2, 0.25) is 0 Å². The highest BCUT2D eigenvalue weighted by Crippen LogP contribution is 2.35. The third-order valence-electron chi connectivity index (χ3n) is 3.60. The van der Waals surface area contributed by atoms with E-state index in [-0.39, 0.29) is 6.23 Å². The molecule has 0 saturated carbocycles. The van der Waals surface area contributed by atoms with Crippen molar-refractivity contribution < 1.29 is 4.74 Å². The summed E-state index contributed by atoms with van der Waals surface area (Å²) in [5, 5.41) is 0. The lowest BCUT2D eigenvalue weighted by molar-refractivity contribution is 0.0606. The normalized spacial score (nSPS) is 18.9. The van der Waals surface area contributed by atoms with Crippen LogP contribution in [0.15, 0.2) is 30.5 Å². The Hall–Kier alpha value is -1.72. The zero-order valence-electron chi connectivity index (χ0n) is 11.2. The van der Waals surface area contributed by atoms with Crippen molar-refractivity contribution in [2.24, 2.45) is 0 Å². The first-order chi connectivity index (χ1) is 9.83. The molecule has 4 heterocycles. The van der Waals surface area contributed by atoms with Crippen LogP contribution in [0.3, 0.4) is 0 Å². The fourth-order valence-corrected chi connectivity index (χ4v) is 3.55. The largest absolute Gasteiger partial charge is 0.358 e. The predicted molar refractivity (Wildman–Crippen MR) is 79.8 cm³/mol. The van der Waals surface area contributed by atoms with Gasteiger partial charge in [0.25, 0.3) is 0 Å². The summed E-state index contributed by atoms with van der Waals surface area (Å²) in [6.07, 6.45) is 4.01. The molecular formula is C15H15N3OS. The summed E-state index contributed by atoms with van der Waals surface area (Å²) < 4.78 is 8.02. The molecule has 1 aliphatic heterocycles. The Bertz CT molecular complexity index is 755.